The topological polar surface area (TPSA) is 114 Å². The Labute approximate surface area is 163 Å². The van der Waals surface area contributed by atoms with Crippen LogP contribution in [0.3, 0.4) is 0 Å². The number of nitrogens with zero attached hydrogens (tertiary/aromatic N) is 1. The highest BCUT2D eigenvalue weighted by molar-refractivity contribution is 6.40. The number of hydrogen-bond donors (Lipinski definition) is 2. The zero-order valence-corrected chi connectivity index (χ0v) is 16.3. The number of aliphatic carboxylic acids is 1. The minimum absolute atomic E-state index is 0.0366. The van der Waals surface area contributed by atoms with E-state index in [-0.39, 0.29) is 24.5 Å². The Bertz CT molecular complexity index is 826. The van der Waals surface area contributed by atoms with E-state index in [1.165, 1.54) is 0 Å². The SMILES string of the molecule is CCOC(=O)C1=NNC(C)=C(C(=O)OCC)C1c1ccc(C(C)C(=O)O)cc1. The Morgan fingerprint density at radius 2 is 1.68 bits per heavy atom. The summed E-state index contributed by atoms with van der Waals surface area (Å²) >= 11 is 0. The molecule has 0 aliphatic carbocycles. The van der Waals surface area contributed by atoms with E-state index in [0.717, 1.165) is 0 Å². The lowest BCUT2D eigenvalue weighted by atomic mass is 9.84. The molecule has 0 spiro atoms. The van der Waals surface area contributed by atoms with Crippen molar-refractivity contribution in [2.24, 2.45) is 5.10 Å². The molecule has 2 atom stereocenters. The summed E-state index contributed by atoms with van der Waals surface area (Å²) in [6.07, 6.45) is 0. The molecule has 1 aliphatic rings. The first kappa shape index (κ1) is 21.1. The van der Waals surface area contributed by atoms with Gasteiger partial charge in [0.1, 0.15) is 0 Å². The van der Waals surface area contributed by atoms with Crippen molar-refractivity contribution in [1.82, 2.24) is 5.43 Å². The maximum atomic E-state index is 12.6. The molecule has 1 aliphatic heterocycles. The van der Waals surface area contributed by atoms with Crippen molar-refractivity contribution < 1.29 is 29.0 Å². The molecule has 0 fully saturated rings. The molecule has 1 heterocycles. The summed E-state index contributed by atoms with van der Waals surface area (Å²) < 4.78 is 10.3. The first-order valence-electron chi connectivity index (χ1n) is 9.03. The zero-order chi connectivity index (χ0) is 20.8. The minimum Gasteiger partial charge on any atom is -0.481 e. The van der Waals surface area contributed by atoms with E-state index in [4.69, 9.17) is 9.47 Å². The van der Waals surface area contributed by atoms with Crippen LogP contribution in [0.5, 0.6) is 0 Å². The van der Waals surface area contributed by atoms with Crippen LogP contribution < -0.4 is 5.43 Å². The molecule has 0 bridgehead atoms. The van der Waals surface area contributed by atoms with E-state index in [1.807, 2.05) is 0 Å². The second-order valence-corrected chi connectivity index (χ2v) is 6.25. The van der Waals surface area contributed by atoms with Gasteiger partial charge in [0.05, 0.1) is 30.6 Å². The molecule has 1 aromatic rings. The van der Waals surface area contributed by atoms with Gasteiger partial charge in [-0.05, 0) is 38.8 Å². The molecule has 8 heteroatoms. The number of carboxylic acids is 1. The lowest BCUT2D eigenvalue weighted by Gasteiger charge is -2.26. The third-order valence-electron chi connectivity index (χ3n) is 4.43. The van der Waals surface area contributed by atoms with Crippen molar-refractivity contribution in [3.63, 3.8) is 0 Å². The number of benzene rings is 1. The number of carboxylic acid groups (broad SMARTS) is 1. The zero-order valence-electron chi connectivity index (χ0n) is 16.3. The molecule has 0 amide bonds. The average molecular weight is 388 g/mol. The average Bonchev–Trinajstić information content (AvgIpc) is 2.67. The quantitative estimate of drug-likeness (QED) is 0.689. The molecule has 2 rings (SSSR count). The number of allylic oxidation sites excluding steroid dienone is 1. The second-order valence-electron chi connectivity index (χ2n) is 6.25. The van der Waals surface area contributed by atoms with Gasteiger partial charge in [0, 0.05) is 5.70 Å². The van der Waals surface area contributed by atoms with E-state index < -0.39 is 29.7 Å². The van der Waals surface area contributed by atoms with Crippen molar-refractivity contribution in [3.05, 3.63) is 46.7 Å². The van der Waals surface area contributed by atoms with Gasteiger partial charge in [-0.1, -0.05) is 24.3 Å². The Kier molecular flexibility index (Phi) is 6.92. The summed E-state index contributed by atoms with van der Waals surface area (Å²) in [7, 11) is 0. The van der Waals surface area contributed by atoms with Crippen molar-refractivity contribution in [2.45, 2.75) is 39.5 Å². The van der Waals surface area contributed by atoms with E-state index in [1.54, 1.807) is 52.0 Å². The van der Waals surface area contributed by atoms with Crippen molar-refractivity contribution in [3.8, 4) is 0 Å². The van der Waals surface area contributed by atoms with Crippen LogP contribution >= 0.6 is 0 Å². The van der Waals surface area contributed by atoms with E-state index >= 15 is 0 Å². The fraction of sp³-hybridized carbons (Fsp3) is 0.400. The van der Waals surface area contributed by atoms with Crippen LogP contribution in [0, 0.1) is 0 Å². The van der Waals surface area contributed by atoms with E-state index in [9.17, 15) is 19.5 Å². The van der Waals surface area contributed by atoms with Crippen molar-refractivity contribution in [2.75, 3.05) is 13.2 Å². The van der Waals surface area contributed by atoms with Gasteiger partial charge < -0.3 is 14.6 Å². The standard InChI is InChI=1S/C20H24N2O6/c1-5-27-19(25)15-12(4)21-22-17(20(26)28-6-2)16(15)14-9-7-13(8-10-14)11(3)18(23)24/h7-11,16,21H,5-6H2,1-4H3,(H,23,24). The molecule has 150 valence electrons. The lowest BCUT2D eigenvalue weighted by molar-refractivity contribution is -0.139. The molecule has 2 unspecified atom stereocenters. The third-order valence-corrected chi connectivity index (χ3v) is 4.43. The van der Waals surface area contributed by atoms with E-state index in [2.05, 4.69) is 10.5 Å². The van der Waals surface area contributed by atoms with Gasteiger partial charge in [-0.15, -0.1) is 0 Å². The van der Waals surface area contributed by atoms with Gasteiger partial charge in [-0.2, -0.15) is 5.10 Å². The molecule has 0 radical (unpaired) electrons. The molecule has 8 nitrogen and oxygen atoms in total. The maximum absolute atomic E-state index is 12.6. The number of carbonyl (C=O) groups is 3. The second kappa shape index (κ2) is 9.16. The van der Waals surface area contributed by atoms with Crippen molar-refractivity contribution in [1.29, 1.82) is 0 Å². The molecule has 2 N–H and O–H groups in total. The van der Waals surface area contributed by atoms with Crippen LogP contribution in [0.2, 0.25) is 0 Å². The van der Waals surface area contributed by atoms with Gasteiger partial charge in [0.25, 0.3) is 0 Å². The number of hydrogen-bond acceptors (Lipinski definition) is 7. The predicted molar refractivity (Wildman–Crippen MR) is 102 cm³/mol. The van der Waals surface area contributed by atoms with Gasteiger partial charge in [0.2, 0.25) is 0 Å². The highest BCUT2D eigenvalue weighted by atomic mass is 16.5. The predicted octanol–water partition coefficient (Wildman–Crippen LogP) is 2.32. The number of carbonyl (C=O) groups excluding carboxylic acids is 2. The Morgan fingerprint density at radius 3 is 2.21 bits per heavy atom. The summed E-state index contributed by atoms with van der Waals surface area (Å²) in [6, 6.07) is 6.70. The lowest BCUT2D eigenvalue weighted by Crippen LogP contribution is -2.36. The molecular formula is C20H24N2O6. The number of rotatable bonds is 7. The number of esters is 2. The Morgan fingerprint density at radius 1 is 1.11 bits per heavy atom. The van der Waals surface area contributed by atoms with Crippen LogP contribution in [-0.2, 0) is 23.9 Å². The fourth-order valence-electron chi connectivity index (χ4n) is 2.91. The first-order chi connectivity index (χ1) is 13.3. The monoisotopic (exact) mass is 388 g/mol. The van der Waals surface area contributed by atoms with Gasteiger partial charge in [0.15, 0.2) is 5.71 Å². The number of ether oxygens (including phenoxy) is 2. The molecule has 0 saturated carbocycles. The Hall–Kier alpha value is -3.16. The minimum atomic E-state index is -0.939. The van der Waals surface area contributed by atoms with Gasteiger partial charge >= 0.3 is 17.9 Å². The highest BCUT2D eigenvalue weighted by Gasteiger charge is 2.37. The maximum Gasteiger partial charge on any atom is 0.355 e. The van der Waals surface area contributed by atoms with Crippen LogP contribution in [-0.4, -0.2) is 41.9 Å². The van der Waals surface area contributed by atoms with Crippen LogP contribution in [0.25, 0.3) is 0 Å². The summed E-state index contributed by atoms with van der Waals surface area (Å²) in [6.45, 7) is 6.98. The largest absolute Gasteiger partial charge is 0.481 e. The molecule has 0 aromatic heterocycles. The molecular weight excluding hydrogens is 364 g/mol. The fourth-order valence-corrected chi connectivity index (χ4v) is 2.91. The van der Waals surface area contributed by atoms with Gasteiger partial charge in [-0.25, -0.2) is 9.59 Å². The number of nitrogens with one attached hydrogen (secondary N) is 1. The first-order valence-corrected chi connectivity index (χ1v) is 9.03. The Balaban J connectivity index is 2.51. The highest BCUT2D eigenvalue weighted by Crippen LogP contribution is 2.33. The summed E-state index contributed by atoms with van der Waals surface area (Å²) in [5.74, 6) is -3.60. The van der Waals surface area contributed by atoms with Crippen LogP contribution in [0.1, 0.15) is 50.7 Å². The van der Waals surface area contributed by atoms with Gasteiger partial charge in [-0.3, -0.25) is 10.2 Å². The smallest absolute Gasteiger partial charge is 0.355 e. The molecule has 0 saturated heterocycles. The third kappa shape index (κ3) is 4.39. The van der Waals surface area contributed by atoms with Crippen molar-refractivity contribution >= 4 is 23.6 Å². The van der Waals surface area contributed by atoms with Crippen LogP contribution in [0.15, 0.2) is 40.6 Å². The summed E-state index contributed by atoms with van der Waals surface area (Å²) in [5.41, 5.74) is 4.68. The molecule has 28 heavy (non-hydrogen) atoms. The van der Waals surface area contributed by atoms with Crippen LogP contribution in [0.4, 0.5) is 0 Å². The number of hydrazone groups is 1. The summed E-state index contributed by atoms with van der Waals surface area (Å²) in [4.78, 5) is 36.2. The summed E-state index contributed by atoms with van der Waals surface area (Å²) in [5, 5.41) is 13.3. The normalized spacial score (nSPS) is 17.3. The van der Waals surface area contributed by atoms with E-state index in [0.29, 0.717) is 16.8 Å². The molecule has 1 aromatic carbocycles.